The van der Waals surface area contributed by atoms with Crippen LogP contribution in [0.4, 0.5) is 5.69 Å². The molecule has 1 aromatic carbocycles. The van der Waals surface area contributed by atoms with E-state index in [1.807, 2.05) is 0 Å². The molecule has 84 valence electrons. The Morgan fingerprint density at radius 1 is 1.56 bits per heavy atom. The summed E-state index contributed by atoms with van der Waals surface area (Å²) >= 11 is 3.29. The van der Waals surface area contributed by atoms with Gasteiger partial charge in [0.05, 0.1) is 16.2 Å². The maximum Gasteiger partial charge on any atom is 0.278 e. The minimum absolute atomic E-state index is 0.0326. The van der Waals surface area contributed by atoms with Crippen LogP contribution in [0.1, 0.15) is 12.0 Å². The summed E-state index contributed by atoms with van der Waals surface area (Å²) < 4.78 is 0. The molecule has 0 spiro atoms. The molecule has 0 radical (unpaired) electrons. The van der Waals surface area contributed by atoms with Crippen molar-refractivity contribution in [2.24, 2.45) is 5.16 Å². The number of benzene rings is 1. The Bertz CT molecular complexity index is 447. The van der Waals surface area contributed by atoms with Crippen LogP contribution in [-0.4, -0.2) is 22.1 Å². The number of para-hydroxylation sites is 1. The molecule has 0 aromatic heterocycles. The van der Waals surface area contributed by atoms with Crippen LogP contribution in [-0.2, 0) is 4.84 Å². The third-order valence-corrected chi connectivity index (χ3v) is 3.04. The fourth-order valence-corrected chi connectivity index (χ4v) is 1.89. The van der Waals surface area contributed by atoms with Crippen LogP contribution in [0.2, 0.25) is 0 Å². The van der Waals surface area contributed by atoms with Gasteiger partial charge in [-0.05, 0) is 6.07 Å². The monoisotopic (exact) mass is 284 g/mol. The molecule has 6 heteroatoms. The first kappa shape index (κ1) is 11.1. The van der Waals surface area contributed by atoms with Crippen LogP contribution in [0.15, 0.2) is 29.4 Å². The summed E-state index contributed by atoms with van der Waals surface area (Å²) in [6.07, 6.45) is 0.561. The van der Waals surface area contributed by atoms with Gasteiger partial charge in [0, 0.05) is 17.8 Å². The van der Waals surface area contributed by atoms with E-state index in [0.29, 0.717) is 23.0 Å². The number of halogens is 1. The highest BCUT2D eigenvalue weighted by molar-refractivity contribution is 9.09. The first-order valence-corrected chi connectivity index (χ1v) is 5.87. The Labute approximate surface area is 100 Å². The standard InChI is InChI=1S/C10H9BrN2O3/c11-6-7-5-9(12-16-7)8-3-1-2-4-10(8)13(14)15/h1-4,7H,5-6H2/t7-/m1/s1. The van der Waals surface area contributed by atoms with Gasteiger partial charge in [-0.3, -0.25) is 10.1 Å². The van der Waals surface area contributed by atoms with Crippen molar-refractivity contribution in [1.82, 2.24) is 0 Å². The highest BCUT2D eigenvalue weighted by Gasteiger charge is 2.26. The van der Waals surface area contributed by atoms with E-state index >= 15 is 0 Å². The third kappa shape index (κ3) is 2.06. The van der Waals surface area contributed by atoms with Crippen molar-refractivity contribution >= 4 is 27.3 Å². The topological polar surface area (TPSA) is 64.7 Å². The average molecular weight is 285 g/mol. The van der Waals surface area contributed by atoms with Gasteiger partial charge in [0.1, 0.15) is 6.10 Å². The van der Waals surface area contributed by atoms with Gasteiger partial charge in [0.15, 0.2) is 0 Å². The van der Waals surface area contributed by atoms with Gasteiger partial charge in [-0.2, -0.15) is 0 Å². The number of oxime groups is 1. The predicted octanol–water partition coefficient (Wildman–Crippen LogP) is 2.48. The largest absolute Gasteiger partial charge is 0.391 e. The molecule has 2 rings (SSSR count). The van der Waals surface area contributed by atoms with Crippen LogP contribution < -0.4 is 0 Å². The van der Waals surface area contributed by atoms with Crippen LogP contribution in [0, 0.1) is 10.1 Å². The Morgan fingerprint density at radius 3 is 2.94 bits per heavy atom. The lowest BCUT2D eigenvalue weighted by molar-refractivity contribution is -0.385. The maximum atomic E-state index is 10.8. The van der Waals surface area contributed by atoms with Gasteiger partial charge in [-0.15, -0.1) is 0 Å². The Hall–Kier alpha value is -1.43. The Morgan fingerprint density at radius 2 is 2.31 bits per heavy atom. The van der Waals surface area contributed by atoms with Gasteiger partial charge >= 0.3 is 0 Å². The van der Waals surface area contributed by atoms with Crippen molar-refractivity contribution in [3.8, 4) is 0 Å². The van der Waals surface area contributed by atoms with E-state index in [0.717, 1.165) is 0 Å². The first-order chi connectivity index (χ1) is 7.72. The average Bonchev–Trinajstić information content (AvgIpc) is 2.77. The van der Waals surface area contributed by atoms with Crippen molar-refractivity contribution < 1.29 is 9.76 Å². The van der Waals surface area contributed by atoms with Crippen molar-refractivity contribution in [3.63, 3.8) is 0 Å². The highest BCUT2D eigenvalue weighted by atomic mass is 79.9. The lowest BCUT2D eigenvalue weighted by Gasteiger charge is -2.02. The van der Waals surface area contributed by atoms with E-state index in [1.165, 1.54) is 6.07 Å². The second kappa shape index (κ2) is 4.61. The molecule has 16 heavy (non-hydrogen) atoms. The quantitative estimate of drug-likeness (QED) is 0.487. The molecule has 0 aliphatic carbocycles. The predicted molar refractivity (Wildman–Crippen MR) is 62.9 cm³/mol. The molecule has 1 heterocycles. The molecule has 0 fully saturated rings. The fraction of sp³-hybridized carbons (Fsp3) is 0.300. The van der Waals surface area contributed by atoms with Crippen molar-refractivity contribution in [3.05, 3.63) is 39.9 Å². The minimum Gasteiger partial charge on any atom is -0.391 e. The van der Waals surface area contributed by atoms with Crippen LogP contribution in [0.25, 0.3) is 0 Å². The lowest BCUT2D eigenvalue weighted by atomic mass is 10.0. The summed E-state index contributed by atoms with van der Waals surface area (Å²) in [5.74, 6) is 0. The summed E-state index contributed by atoms with van der Waals surface area (Å²) in [4.78, 5) is 15.5. The molecule has 0 amide bonds. The van der Waals surface area contributed by atoms with E-state index in [1.54, 1.807) is 18.2 Å². The fourth-order valence-electron chi connectivity index (χ4n) is 1.55. The van der Waals surface area contributed by atoms with Gasteiger partial charge in [-0.25, -0.2) is 0 Å². The van der Waals surface area contributed by atoms with Gasteiger partial charge in [-0.1, -0.05) is 33.2 Å². The smallest absolute Gasteiger partial charge is 0.278 e. The number of alkyl halides is 1. The molecule has 0 unspecified atom stereocenters. The first-order valence-electron chi connectivity index (χ1n) is 4.75. The molecule has 0 N–H and O–H groups in total. The molecule has 5 nitrogen and oxygen atoms in total. The number of nitro groups is 1. The number of rotatable bonds is 3. The van der Waals surface area contributed by atoms with Crippen molar-refractivity contribution in [2.75, 3.05) is 5.33 Å². The molecule has 1 aromatic rings. The van der Waals surface area contributed by atoms with E-state index in [2.05, 4.69) is 21.1 Å². The normalized spacial score (nSPS) is 19.1. The molecule has 1 aliphatic heterocycles. The van der Waals surface area contributed by atoms with E-state index < -0.39 is 4.92 Å². The summed E-state index contributed by atoms with van der Waals surface area (Å²) in [7, 11) is 0. The zero-order valence-electron chi connectivity index (χ0n) is 8.30. The second-order valence-electron chi connectivity index (χ2n) is 3.40. The van der Waals surface area contributed by atoms with E-state index in [4.69, 9.17) is 4.84 Å². The van der Waals surface area contributed by atoms with Crippen molar-refractivity contribution in [2.45, 2.75) is 12.5 Å². The summed E-state index contributed by atoms with van der Waals surface area (Å²) in [6, 6.07) is 6.56. The molecule has 1 atom stereocenters. The van der Waals surface area contributed by atoms with Crippen LogP contribution >= 0.6 is 15.9 Å². The molecule has 0 bridgehead atoms. The minimum atomic E-state index is -0.403. The summed E-state index contributed by atoms with van der Waals surface area (Å²) in [6.45, 7) is 0. The molecular formula is C10H9BrN2O3. The van der Waals surface area contributed by atoms with Crippen LogP contribution in [0.5, 0.6) is 0 Å². The highest BCUT2D eigenvalue weighted by Crippen LogP contribution is 2.24. The number of nitrogens with zero attached hydrogens (tertiary/aromatic N) is 2. The lowest BCUT2D eigenvalue weighted by Crippen LogP contribution is -2.10. The summed E-state index contributed by atoms with van der Waals surface area (Å²) in [5, 5.41) is 15.4. The van der Waals surface area contributed by atoms with Gasteiger partial charge in [0.25, 0.3) is 5.69 Å². The van der Waals surface area contributed by atoms with Crippen molar-refractivity contribution in [1.29, 1.82) is 0 Å². The zero-order valence-corrected chi connectivity index (χ0v) is 9.88. The molecule has 0 saturated heterocycles. The van der Waals surface area contributed by atoms with Gasteiger partial charge in [0.2, 0.25) is 0 Å². The third-order valence-electron chi connectivity index (χ3n) is 2.32. The molecule has 1 aliphatic rings. The molecular weight excluding hydrogens is 276 g/mol. The number of hydrogen-bond acceptors (Lipinski definition) is 4. The van der Waals surface area contributed by atoms with E-state index in [-0.39, 0.29) is 11.8 Å². The zero-order chi connectivity index (χ0) is 11.5. The summed E-state index contributed by atoms with van der Waals surface area (Å²) in [5.41, 5.74) is 1.24. The SMILES string of the molecule is O=[N+]([O-])c1ccccc1C1=NO[C@@H](CBr)C1. The van der Waals surface area contributed by atoms with Gasteiger partial charge < -0.3 is 4.84 Å². The Kier molecular flexibility index (Phi) is 3.19. The number of hydrogen-bond donors (Lipinski definition) is 0. The second-order valence-corrected chi connectivity index (χ2v) is 4.05. The van der Waals surface area contributed by atoms with E-state index in [9.17, 15) is 10.1 Å². The Balaban J connectivity index is 2.31. The van der Waals surface area contributed by atoms with Crippen LogP contribution in [0.3, 0.4) is 0 Å². The molecule has 0 saturated carbocycles. The maximum absolute atomic E-state index is 10.8. The number of nitro benzene ring substituents is 1.